The molecule has 2 atom stereocenters. The summed E-state index contributed by atoms with van der Waals surface area (Å²) in [5, 5.41) is 17.5. The maximum atomic E-state index is 14.5. The van der Waals surface area contributed by atoms with Gasteiger partial charge < -0.3 is 25.0 Å². The van der Waals surface area contributed by atoms with Crippen molar-refractivity contribution >= 4 is 40.6 Å². The van der Waals surface area contributed by atoms with Crippen LogP contribution in [-0.4, -0.2) is 77.1 Å². The fourth-order valence-corrected chi connectivity index (χ4v) is 7.92. The first-order valence-corrected chi connectivity index (χ1v) is 18.0. The van der Waals surface area contributed by atoms with Gasteiger partial charge in [-0.15, -0.1) is 5.10 Å². The third-order valence-corrected chi connectivity index (χ3v) is 10.9. The molecule has 2 amide bonds. The highest BCUT2D eigenvalue weighted by Crippen LogP contribution is 2.43. The predicted molar refractivity (Wildman–Crippen MR) is 194 cm³/mol. The monoisotopic (exact) mass is 777 g/mol. The highest BCUT2D eigenvalue weighted by Gasteiger charge is 2.41. The lowest BCUT2D eigenvalue weighted by Crippen LogP contribution is -2.51. The zero-order valence-corrected chi connectivity index (χ0v) is 30.9. The zero-order chi connectivity index (χ0) is 39.1. The minimum absolute atomic E-state index is 0.00537. The van der Waals surface area contributed by atoms with Gasteiger partial charge in [-0.2, -0.15) is 22.7 Å². The van der Waals surface area contributed by atoms with E-state index >= 15 is 0 Å². The minimum Gasteiger partial charge on any atom is -0.504 e. The molecule has 8 rings (SSSR count). The number of hydrogen-bond acceptors (Lipinski definition) is 10. The summed E-state index contributed by atoms with van der Waals surface area (Å²) in [7, 11) is 0. The molecule has 3 aromatic heterocycles. The predicted octanol–water partition coefficient (Wildman–Crippen LogP) is 5.45. The summed E-state index contributed by atoms with van der Waals surface area (Å²) in [5.74, 6) is -1.34. The Bertz CT molecular complexity index is 2480. The van der Waals surface area contributed by atoms with Crippen molar-refractivity contribution in [1.29, 1.82) is 0 Å². The van der Waals surface area contributed by atoms with Crippen LogP contribution >= 0.6 is 11.6 Å². The molecule has 0 unspecified atom stereocenters. The van der Waals surface area contributed by atoms with E-state index in [1.165, 1.54) is 15.7 Å². The van der Waals surface area contributed by atoms with Crippen LogP contribution in [0.15, 0.2) is 47.5 Å². The number of carbonyl (C=O) groups is 2. The molecular weight excluding hydrogens is 743 g/mol. The fraction of sp³-hybridized carbons (Fsp3) is 0.378. The number of aromatic nitrogens is 6. The number of aryl methyl sites for hydroxylation is 1. The first-order valence-electron chi connectivity index (χ1n) is 17.6. The van der Waals surface area contributed by atoms with Gasteiger partial charge in [0.25, 0.3) is 11.5 Å². The van der Waals surface area contributed by atoms with Crippen molar-refractivity contribution in [3.8, 4) is 17.1 Å². The third-order valence-electron chi connectivity index (χ3n) is 10.6. The standard InChI is InChI=1S/C37H35ClF3N9O5/c1-18-13-26(32(52)44-25-8-6-22(15-24(25)38)37(39,40)41)49-28(18)29(47-9-11-48(12-10-47)33(53)27-30(51)19(2)42-17-43-27)34(54)50-35(49)45-31(46-50)20-5-7-23-21(14-20)16-55-36(23,3)4/h5-8,14-15,17-18,26,51H,9-13,16H2,1-4H3,(H,44,52)/t18-,26+/m1/s1. The van der Waals surface area contributed by atoms with Gasteiger partial charge in [-0.25, -0.2) is 9.97 Å². The number of fused-ring (bicyclic) bond motifs is 4. The lowest BCUT2D eigenvalue weighted by Gasteiger charge is -2.36. The minimum atomic E-state index is -4.62. The Balaban J connectivity index is 1.19. The van der Waals surface area contributed by atoms with Gasteiger partial charge in [-0.1, -0.05) is 30.7 Å². The van der Waals surface area contributed by atoms with E-state index in [1.807, 2.05) is 43.9 Å². The van der Waals surface area contributed by atoms with Crippen LogP contribution in [0.3, 0.4) is 0 Å². The third kappa shape index (κ3) is 6.14. The van der Waals surface area contributed by atoms with E-state index in [1.54, 1.807) is 11.5 Å². The Kier molecular flexibility index (Phi) is 8.64. The summed E-state index contributed by atoms with van der Waals surface area (Å²) < 4.78 is 48.8. The number of amides is 2. The molecule has 0 saturated carbocycles. The number of rotatable bonds is 5. The lowest BCUT2D eigenvalue weighted by atomic mass is 9.94. The number of aromatic hydroxyl groups is 1. The molecule has 1 fully saturated rings. The van der Waals surface area contributed by atoms with Gasteiger partial charge in [0.15, 0.2) is 17.3 Å². The van der Waals surface area contributed by atoms with Gasteiger partial charge in [0.1, 0.15) is 18.1 Å². The molecule has 5 aromatic rings. The SMILES string of the molecule is Cc1ncnc(C(=O)N2CCN(c3c4n(c5nc(-c6ccc7c(c6)COC7(C)C)nn5c3=O)[C@H](C(=O)Nc3ccc(C(F)(F)F)cc3Cl)C[C@H]4C)CC2)c1O. The zero-order valence-electron chi connectivity index (χ0n) is 30.1. The highest BCUT2D eigenvalue weighted by atomic mass is 35.5. The van der Waals surface area contributed by atoms with E-state index in [-0.39, 0.29) is 83.7 Å². The summed E-state index contributed by atoms with van der Waals surface area (Å²) in [5.41, 5.74) is 1.70. The number of carbonyl (C=O) groups excluding carboxylic acids is 2. The van der Waals surface area contributed by atoms with Crippen LogP contribution in [0, 0.1) is 6.92 Å². The Morgan fingerprint density at radius 2 is 1.82 bits per heavy atom. The van der Waals surface area contributed by atoms with Gasteiger partial charge in [-0.05, 0) is 62.6 Å². The van der Waals surface area contributed by atoms with E-state index in [0.29, 0.717) is 17.9 Å². The van der Waals surface area contributed by atoms with Crippen molar-refractivity contribution in [2.45, 2.75) is 64.5 Å². The first-order chi connectivity index (χ1) is 26.0. The molecule has 6 heterocycles. The van der Waals surface area contributed by atoms with Gasteiger partial charge in [0.2, 0.25) is 11.7 Å². The van der Waals surface area contributed by atoms with E-state index in [9.17, 15) is 32.7 Å². The number of ether oxygens (including phenoxy) is 1. The van der Waals surface area contributed by atoms with Crippen LogP contribution in [0.4, 0.5) is 24.5 Å². The summed E-state index contributed by atoms with van der Waals surface area (Å²) in [6, 6.07) is 7.45. The number of anilines is 2. The van der Waals surface area contributed by atoms with Crippen molar-refractivity contribution < 1.29 is 32.6 Å². The molecule has 1 saturated heterocycles. The largest absolute Gasteiger partial charge is 0.504 e. The Morgan fingerprint density at radius 3 is 2.53 bits per heavy atom. The molecule has 0 radical (unpaired) electrons. The van der Waals surface area contributed by atoms with Gasteiger partial charge in [0, 0.05) is 37.7 Å². The van der Waals surface area contributed by atoms with Crippen molar-refractivity contribution in [2.24, 2.45) is 0 Å². The Morgan fingerprint density at radius 1 is 1.07 bits per heavy atom. The van der Waals surface area contributed by atoms with Gasteiger partial charge in [0.05, 0.1) is 39.9 Å². The van der Waals surface area contributed by atoms with E-state index in [0.717, 1.165) is 29.3 Å². The summed E-state index contributed by atoms with van der Waals surface area (Å²) in [6.07, 6.45) is -3.18. The Hall–Kier alpha value is -5.55. The molecule has 55 heavy (non-hydrogen) atoms. The number of hydrogen-bond donors (Lipinski definition) is 2. The van der Waals surface area contributed by atoms with Gasteiger partial charge >= 0.3 is 6.18 Å². The molecule has 2 aromatic carbocycles. The number of benzene rings is 2. The number of alkyl halides is 3. The Labute approximate surface area is 316 Å². The molecule has 18 heteroatoms. The van der Waals surface area contributed by atoms with E-state index in [4.69, 9.17) is 21.3 Å². The molecule has 2 N–H and O–H groups in total. The smallest absolute Gasteiger partial charge is 0.416 e. The second-order valence-electron chi connectivity index (χ2n) is 14.5. The number of halogens is 4. The maximum absolute atomic E-state index is 14.5. The van der Waals surface area contributed by atoms with Crippen molar-refractivity contribution in [1.82, 2.24) is 34.0 Å². The average molecular weight is 778 g/mol. The van der Waals surface area contributed by atoms with Crippen LogP contribution in [0.2, 0.25) is 5.02 Å². The highest BCUT2D eigenvalue weighted by molar-refractivity contribution is 6.33. The molecule has 3 aliphatic rings. The molecule has 286 valence electrons. The van der Waals surface area contributed by atoms with E-state index in [2.05, 4.69) is 20.4 Å². The normalized spacial score (nSPS) is 19.1. The quantitative estimate of drug-likeness (QED) is 0.235. The van der Waals surface area contributed by atoms with Crippen LogP contribution in [0.25, 0.3) is 17.2 Å². The topological polar surface area (TPSA) is 160 Å². The summed E-state index contributed by atoms with van der Waals surface area (Å²) in [4.78, 5) is 58.1. The van der Waals surface area contributed by atoms with Crippen molar-refractivity contribution in [2.75, 3.05) is 36.4 Å². The molecular formula is C37H35ClF3N9O5. The average Bonchev–Trinajstić information content (AvgIpc) is 3.83. The maximum Gasteiger partial charge on any atom is 0.416 e. The molecule has 3 aliphatic heterocycles. The van der Waals surface area contributed by atoms with Crippen molar-refractivity contribution in [3.05, 3.63) is 91.9 Å². The number of nitrogens with zero attached hydrogens (tertiary/aromatic N) is 8. The molecule has 0 aliphatic carbocycles. The molecule has 0 spiro atoms. The van der Waals surface area contributed by atoms with Gasteiger partial charge in [-0.3, -0.25) is 19.0 Å². The van der Waals surface area contributed by atoms with Crippen molar-refractivity contribution in [3.63, 3.8) is 0 Å². The van der Waals surface area contributed by atoms with Crippen LogP contribution in [0.5, 0.6) is 5.75 Å². The van der Waals surface area contributed by atoms with Crippen LogP contribution in [0.1, 0.15) is 77.7 Å². The van der Waals surface area contributed by atoms with Crippen LogP contribution < -0.4 is 15.8 Å². The first kappa shape index (κ1) is 36.4. The number of nitrogens with one attached hydrogen (secondary N) is 1. The second kappa shape index (κ2) is 13.0. The lowest BCUT2D eigenvalue weighted by molar-refractivity contribution is -0.137. The summed E-state index contributed by atoms with van der Waals surface area (Å²) in [6.45, 7) is 8.65. The van der Waals surface area contributed by atoms with E-state index < -0.39 is 40.8 Å². The second-order valence-corrected chi connectivity index (χ2v) is 14.9. The molecule has 0 bridgehead atoms. The molecule has 14 nitrogen and oxygen atoms in total. The number of piperazine rings is 1. The van der Waals surface area contributed by atoms with Crippen LogP contribution in [-0.2, 0) is 27.9 Å². The summed E-state index contributed by atoms with van der Waals surface area (Å²) >= 11 is 6.22. The fourth-order valence-electron chi connectivity index (χ4n) is 7.69.